The van der Waals surface area contributed by atoms with Crippen molar-refractivity contribution in [3.8, 4) is 5.75 Å². The molecule has 32 heavy (non-hydrogen) atoms. The zero-order valence-electron chi connectivity index (χ0n) is 20.0. The first-order valence-corrected chi connectivity index (χ1v) is 12.2. The van der Waals surface area contributed by atoms with E-state index in [4.69, 9.17) is 14.5 Å². The van der Waals surface area contributed by atoms with Crippen LogP contribution in [-0.4, -0.2) is 70.5 Å². The van der Waals surface area contributed by atoms with E-state index in [-0.39, 0.29) is 29.4 Å². The molecule has 0 radical (unpaired) electrons. The Morgan fingerprint density at radius 3 is 2.38 bits per heavy atom. The number of nitrogens with one attached hydrogen (secondary N) is 2. The van der Waals surface area contributed by atoms with Crippen molar-refractivity contribution in [2.24, 2.45) is 4.99 Å². The van der Waals surface area contributed by atoms with Gasteiger partial charge in [0.25, 0.3) is 0 Å². The Labute approximate surface area is 211 Å². The summed E-state index contributed by atoms with van der Waals surface area (Å²) in [5.74, 6) is 1.83. The minimum Gasteiger partial charge on any atom is -0.497 e. The van der Waals surface area contributed by atoms with Gasteiger partial charge in [-0.25, -0.2) is 0 Å². The van der Waals surface area contributed by atoms with Gasteiger partial charge < -0.3 is 25.0 Å². The smallest absolute Gasteiger partial charge is 0.191 e. The van der Waals surface area contributed by atoms with E-state index in [1.165, 1.54) is 50.9 Å². The first-order valence-electron chi connectivity index (χ1n) is 12.2. The van der Waals surface area contributed by atoms with Gasteiger partial charge in [0.2, 0.25) is 0 Å². The van der Waals surface area contributed by atoms with Gasteiger partial charge in [-0.2, -0.15) is 0 Å². The van der Waals surface area contributed by atoms with E-state index in [0.717, 1.165) is 63.8 Å². The third-order valence-electron chi connectivity index (χ3n) is 6.68. The van der Waals surface area contributed by atoms with E-state index in [9.17, 15) is 0 Å². The number of rotatable bonds is 9. The summed E-state index contributed by atoms with van der Waals surface area (Å²) in [4.78, 5) is 7.65. The SMILES string of the molecule is CCNC(=NCC1(c2ccc(OC)cc2)CCOCC1)NCCCN1CCCCCC1.I. The monoisotopic (exact) mass is 558 g/mol. The van der Waals surface area contributed by atoms with Crippen LogP contribution < -0.4 is 15.4 Å². The fourth-order valence-corrected chi connectivity index (χ4v) is 4.69. The molecule has 2 heterocycles. The van der Waals surface area contributed by atoms with E-state index in [1.807, 2.05) is 0 Å². The van der Waals surface area contributed by atoms with Crippen LogP contribution in [0, 0.1) is 0 Å². The Hall–Kier alpha value is -1.06. The largest absolute Gasteiger partial charge is 0.497 e. The fourth-order valence-electron chi connectivity index (χ4n) is 4.69. The second-order valence-corrected chi connectivity index (χ2v) is 8.85. The molecule has 0 saturated carbocycles. The standard InChI is InChI=1S/C25H42N4O2.HI/c1-3-26-24(27-15-8-18-29-16-6-4-5-7-17-29)28-21-25(13-19-31-20-14-25)22-9-11-23(30-2)12-10-22;/h9-12H,3-8,13-21H2,1-2H3,(H2,26,27,28);1H. The molecule has 0 amide bonds. The summed E-state index contributed by atoms with van der Waals surface area (Å²) in [6.07, 6.45) is 8.65. The molecule has 1 aromatic rings. The Kier molecular flexibility index (Phi) is 12.7. The fraction of sp³-hybridized carbons (Fsp3) is 0.720. The Morgan fingerprint density at radius 1 is 1.06 bits per heavy atom. The summed E-state index contributed by atoms with van der Waals surface area (Å²) in [5.41, 5.74) is 1.36. The van der Waals surface area contributed by atoms with Crippen LogP contribution in [0.3, 0.4) is 0 Å². The second kappa shape index (κ2) is 15.0. The lowest BCUT2D eigenvalue weighted by Crippen LogP contribution is -2.42. The highest BCUT2D eigenvalue weighted by molar-refractivity contribution is 14.0. The van der Waals surface area contributed by atoms with Crippen molar-refractivity contribution in [1.29, 1.82) is 0 Å². The van der Waals surface area contributed by atoms with Crippen molar-refractivity contribution in [1.82, 2.24) is 15.5 Å². The Morgan fingerprint density at radius 2 is 1.75 bits per heavy atom. The lowest BCUT2D eigenvalue weighted by molar-refractivity contribution is 0.0531. The molecule has 1 aromatic carbocycles. The van der Waals surface area contributed by atoms with Gasteiger partial charge in [0, 0.05) is 31.7 Å². The van der Waals surface area contributed by atoms with Crippen molar-refractivity contribution in [2.45, 2.75) is 57.3 Å². The number of nitrogens with zero attached hydrogens (tertiary/aromatic N) is 2. The molecule has 0 aromatic heterocycles. The molecule has 2 N–H and O–H groups in total. The molecule has 2 fully saturated rings. The minimum atomic E-state index is 0. The third kappa shape index (κ3) is 8.37. The second-order valence-electron chi connectivity index (χ2n) is 8.85. The Balaban J connectivity index is 0.00000363. The molecule has 0 unspecified atom stereocenters. The number of benzene rings is 1. The maximum Gasteiger partial charge on any atom is 0.191 e. The summed E-state index contributed by atoms with van der Waals surface area (Å²) < 4.78 is 11.0. The first-order chi connectivity index (χ1) is 15.3. The van der Waals surface area contributed by atoms with Crippen LogP contribution in [0.25, 0.3) is 0 Å². The normalized spacial score (nSPS) is 19.5. The van der Waals surface area contributed by atoms with E-state index in [1.54, 1.807) is 7.11 Å². The topological polar surface area (TPSA) is 58.1 Å². The Bertz CT molecular complexity index is 654. The van der Waals surface area contributed by atoms with Gasteiger partial charge in [-0.05, 0) is 76.4 Å². The summed E-state index contributed by atoms with van der Waals surface area (Å²) in [5, 5.41) is 6.99. The van der Waals surface area contributed by atoms with Crippen LogP contribution in [0.5, 0.6) is 5.75 Å². The molecule has 3 rings (SSSR count). The van der Waals surface area contributed by atoms with Gasteiger partial charge in [-0.3, -0.25) is 4.99 Å². The van der Waals surface area contributed by atoms with Crippen LogP contribution in [0.2, 0.25) is 0 Å². The lowest BCUT2D eigenvalue weighted by atomic mass is 9.74. The number of methoxy groups -OCH3 is 1. The van der Waals surface area contributed by atoms with Crippen molar-refractivity contribution in [3.05, 3.63) is 29.8 Å². The van der Waals surface area contributed by atoms with Gasteiger partial charge >= 0.3 is 0 Å². The predicted octanol–water partition coefficient (Wildman–Crippen LogP) is 4.18. The van der Waals surface area contributed by atoms with Crippen LogP contribution in [0.1, 0.15) is 57.4 Å². The van der Waals surface area contributed by atoms with Crippen LogP contribution in [0.4, 0.5) is 0 Å². The molecule has 2 aliphatic rings. The summed E-state index contributed by atoms with van der Waals surface area (Å²) in [6, 6.07) is 8.51. The molecule has 0 bridgehead atoms. The summed E-state index contributed by atoms with van der Waals surface area (Å²) in [7, 11) is 1.71. The highest BCUT2D eigenvalue weighted by Crippen LogP contribution is 2.36. The summed E-state index contributed by atoms with van der Waals surface area (Å²) >= 11 is 0. The van der Waals surface area contributed by atoms with Crippen LogP contribution >= 0.6 is 24.0 Å². The van der Waals surface area contributed by atoms with Crippen molar-refractivity contribution in [2.75, 3.05) is 59.6 Å². The van der Waals surface area contributed by atoms with Gasteiger partial charge in [0.15, 0.2) is 5.96 Å². The summed E-state index contributed by atoms with van der Waals surface area (Å²) in [6.45, 7) is 10.0. The predicted molar refractivity (Wildman–Crippen MR) is 144 cm³/mol. The highest BCUT2D eigenvalue weighted by Gasteiger charge is 2.34. The molecule has 182 valence electrons. The van der Waals surface area contributed by atoms with Gasteiger partial charge in [-0.15, -0.1) is 24.0 Å². The molecular weight excluding hydrogens is 515 g/mol. The zero-order valence-corrected chi connectivity index (χ0v) is 22.4. The maximum absolute atomic E-state index is 5.68. The first kappa shape index (κ1) is 27.2. The van der Waals surface area contributed by atoms with E-state index < -0.39 is 0 Å². The molecular formula is C25H43IN4O2. The van der Waals surface area contributed by atoms with Crippen molar-refractivity contribution < 1.29 is 9.47 Å². The number of hydrogen-bond acceptors (Lipinski definition) is 4. The third-order valence-corrected chi connectivity index (χ3v) is 6.68. The molecule has 0 atom stereocenters. The number of aliphatic imine (C=N–C) groups is 1. The molecule has 0 aliphatic carbocycles. The molecule has 2 aliphatic heterocycles. The van der Waals surface area contributed by atoms with Crippen molar-refractivity contribution >= 4 is 29.9 Å². The van der Waals surface area contributed by atoms with Gasteiger partial charge in [0.05, 0.1) is 13.7 Å². The number of halogens is 1. The van der Waals surface area contributed by atoms with E-state index in [0.29, 0.717) is 0 Å². The van der Waals surface area contributed by atoms with Crippen molar-refractivity contribution in [3.63, 3.8) is 0 Å². The molecule has 7 heteroatoms. The number of likely N-dealkylation sites (tertiary alicyclic amines) is 1. The van der Waals surface area contributed by atoms with E-state index in [2.05, 4.69) is 46.7 Å². The van der Waals surface area contributed by atoms with Crippen LogP contribution in [-0.2, 0) is 10.2 Å². The number of hydrogen-bond donors (Lipinski definition) is 2. The minimum absolute atomic E-state index is 0. The number of guanidine groups is 1. The molecule has 2 saturated heterocycles. The van der Waals surface area contributed by atoms with Gasteiger partial charge in [0.1, 0.15) is 5.75 Å². The number of ether oxygens (including phenoxy) is 2. The van der Waals surface area contributed by atoms with E-state index >= 15 is 0 Å². The zero-order chi connectivity index (χ0) is 21.8. The average molecular weight is 559 g/mol. The quantitative estimate of drug-likeness (QED) is 0.206. The lowest BCUT2D eigenvalue weighted by Gasteiger charge is -2.36. The van der Waals surface area contributed by atoms with Crippen LogP contribution in [0.15, 0.2) is 29.3 Å². The molecule has 6 nitrogen and oxygen atoms in total. The highest BCUT2D eigenvalue weighted by atomic mass is 127. The van der Waals surface area contributed by atoms with Gasteiger partial charge in [-0.1, -0.05) is 25.0 Å². The average Bonchev–Trinajstić information content (AvgIpc) is 3.10. The molecule has 0 spiro atoms. The maximum atomic E-state index is 5.68.